The molecule has 1 N–H and O–H groups in total. The molecule has 5 nitrogen and oxygen atoms in total. The number of carbonyl (C=O) groups excluding carboxylic acids is 1. The molecule has 0 aliphatic rings. The molecule has 0 aliphatic heterocycles. The standard InChI is InChI=1S/C25H23NO4/c1-29-19-13-11-18(12-14-19)25-20(15-23(28)30-2)24-21(9-6-10-22(24)27)26(25)16-17-7-4-3-5-8-17/h3-14,27H,15-16H2,1-2H3. The topological polar surface area (TPSA) is 60.7 Å². The van der Waals surface area contributed by atoms with Gasteiger partial charge in [-0.3, -0.25) is 4.79 Å². The van der Waals surface area contributed by atoms with Crippen LogP contribution in [0.3, 0.4) is 0 Å². The highest BCUT2D eigenvalue weighted by atomic mass is 16.5. The molecule has 4 rings (SSSR count). The fourth-order valence-corrected chi connectivity index (χ4v) is 3.86. The number of methoxy groups -OCH3 is 2. The molecule has 0 unspecified atom stereocenters. The van der Waals surface area contributed by atoms with Crippen LogP contribution < -0.4 is 4.74 Å². The summed E-state index contributed by atoms with van der Waals surface area (Å²) in [5.41, 5.74) is 4.54. The van der Waals surface area contributed by atoms with E-state index < -0.39 is 0 Å². The number of rotatable bonds is 6. The molecule has 3 aromatic carbocycles. The molecular weight excluding hydrogens is 378 g/mol. The Morgan fingerprint density at radius 2 is 1.67 bits per heavy atom. The van der Waals surface area contributed by atoms with Crippen LogP contribution in [0.5, 0.6) is 11.5 Å². The predicted octanol–water partition coefficient (Wildman–Crippen LogP) is 4.79. The fraction of sp³-hybridized carbons (Fsp3) is 0.160. The summed E-state index contributed by atoms with van der Waals surface area (Å²) in [5, 5.41) is 11.4. The fourth-order valence-electron chi connectivity index (χ4n) is 3.86. The number of benzene rings is 3. The van der Waals surface area contributed by atoms with Crippen molar-refractivity contribution in [3.8, 4) is 22.8 Å². The van der Waals surface area contributed by atoms with Crippen molar-refractivity contribution < 1.29 is 19.4 Å². The molecule has 0 saturated heterocycles. The van der Waals surface area contributed by atoms with E-state index in [-0.39, 0.29) is 18.1 Å². The largest absolute Gasteiger partial charge is 0.507 e. The summed E-state index contributed by atoms with van der Waals surface area (Å²) in [4.78, 5) is 12.3. The first-order chi connectivity index (χ1) is 14.6. The van der Waals surface area contributed by atoms with Gasteiger partial charge in [-0.2, -0.15) is 0 Å². The number of esters is 1. The molecule has 0 radical (unpaired) electrons. The molecule has 0 fully saturated rings. The highest BCUT2D eigenvalue weighted by Crippen LogP contribution is 2.39. The van der Waals surface area contributed by atoms with Crippen LogP contribution in [0.2, 0.25) is 0 Å². The van der Waals surface area contributed by atoms with E-state index in [1.54, 1.807) is 13.2 Å². The molecule has 1 heterocycles. The molecule has 0 spiro atoms. The molecule has 0 aliphatic carbocycles. The Morgan fingerprint density at radius 3 is 2.33 bits per heavy atom. The first-order valence-electron chi connectivity index (χ1n) is 9.70. The van der Waals surface area contributed by atoms with Crippen molar-refractivity contribution in [3.05, 3.63) is 83.9 Å². The van der Waals surface area contributed by atoms with Gasteiger partial charge in [-0.25, -0.2) is 0 Å². The Bertz CT molecular complexity index is 1180. The lowest BCUT2D eigenvalue weighted by atomic mass is 10.0. The number of phenols is 1. The zero-order chi connectivity index (χ0) is 21.1. The summed E-state index contributed by atoms with van der Waals surface area (Å²) in [7, 11) is 3.00. The molecule has 30 heavy (non-hydrogen) atoms. The third-order valence-corrected chi connectivity index (χ3v) is 5.26. The number of phenolic OH excluding ortho intramolecular Hbond substituents is 1. The first kappa shape index (κ1) is 19.6. The Hall–Kier alpha value is -3.73. The van der Waals surface area contributed by atoms with Crippen molar-refractivity contribution in [3.63, 3.8) is 0 Å². The van der Waals surface area contributed by atoms with Crippen LogP contribution in [-0.4, -0.2) is 29.9 Å². The van der Waals surface area contributed by atoms with E-state index in [1.165, 1.54) is 7.11 Å². The molecular formula is C25H23NO4. The minimum atomic E-state index is -0.355. The lowest BCUT2D eigenvalue weighted by Gasteiger charge is -2.13. The summed E-state index contributed by atoms with van der Waals surface area (Å²) < 4.78 is 12.4. The average Bonchev–Trinajstić information content (AvgIpc) is 3.08. The summed E-state index contributed by atoms with van der Waals surface area (Å²) in [5.74, 6) is 0.543. The van der Waals surface area contributed by atoms with Gasteiger partial charge in [0, 0.05) is 17.5 Å². The number of hydrogen-bond donors (Lipinski definition) is 1. The van der Waals surface area contributed by atoms with E-state index in [0.29, 0.717) is 11.9 Å². The van der Waals surface area contributed by atoms with Crippen molar-refractivity contribution in [2.24, 2.45) is 0 Å². The zero-order valence-corrected chi connectivity index (χ0v) is 17.0. The lowest BCUT2D eigenvalue weighted by Crippen LogP contribution is -2.07. The number of aromatic nitrogens is 1. The number of hydrogen-bond acceptors (Lipinski definition) is 4. The molecule has 1 aromatic heterocycles. The number of nitrogens with zero attached hydrogens (tertiary/aromatic N) is 1. The Kier molecular flexibility index (Phi) is 5.44. The minimum absolute atomic E-state index is 0.0632. The summed E-state index contributed by atoms with van der Waals surface area (Å²) in [6, 6.07) is 23.2. The van der Waals surface area contributed by atoms with Gasteiger partial charge >= 0.3 is 5.97 Å². The van der Waals surface area contributed by atoms with Crippen molar-refractivity contribution in [1.29, 1.82) is 0 Å². The predicted molar refractivity (Wildman–Crippen MR) is 117 cm³/mol. The molecule has 0 bridgehead atoms. The summed E-state index contributed by atoms with van der Waals surface area (Å²) >= 11 is 0. The van der Waals surface area contributed by atoms with Crippen LogP contribution >= 0.6 is 0 Å². The van der Waals surface area contributed by atoms with E-state index in [4.69, 9.17) is 9.47 Å². The number of aromatic hydroxyl groups is 1. The van der Waals surface area contributed by atoms with Crippen molar-refractivity contribution in [2.75, 3.05) is 14.2 Å². The van der Waals surface area contributed by atoms with Gasteiger partial charge in [-0.1, -0.05) is 36.4 Å². The highest BCUT2D eigenvalue weighted by Gasteiger charge is 2.23. The molecule has 0 amide bonds. The first-order valence-corrected chi connectivity index (χ1v) is 9.70. The van der Waals surface area contributed by atoms with E-state index in [2.05, 4.69) is 16.7 Å². The Balaban J connectivity index is 2.00. The van der Waals surface area contributed by atoms with E-state index in [1.807, 2.05) is 54.6 Å². The van der Waals surface area contributed by atoms with Gasteiger partial charge in [0.1, 0.15) is 11.5 Å². The highest BCUT2D eigenvalue weighted by molar-refractivity contribution is 5.98. The quantitative estimate of drug-likeness (QED) is 0.472. The number of fused-ring (bicyclic) bond motifs is 1. The van der Waals surface area contributed by atoms with Gasteiger partial charge in [0.2, 0.25) is 0 Å². The van der Waals surface area contributed by atoms with Gasteiger partial charge in [0.15, 0.2) is 0 Å². The Morgan fingerprint density at radius 1 is 0.933 bits per heavy atom. The molecule has 0 saturated carbocycles. The second-order valence-corrected chi connectivity index (χ2v) is 7.05. The number of ether oxygens (including phenoxy) is 2. The van der Waals surface area contributed by atoms with Crippen molar-refractivity contribution in [2.45, 2.75) is 13.0 Å². The van der Waals surface area contributed by atoms with Gasteiger partial charge < -0.3 is 19.1 Å². The van der Waals surface area contributed by atoms with E-state index in [9.17, 15) is 9.90 Å². The lowest BCUT2D eigenvalue weighted by molar-refractivity contribution is -0.139. The SMILES string of the molecule is COC(=O)Cc1c(-c2ccc(OC)cc2)n(Cc2ccccc2)c2cccc(O)c12. The maximum atomic E-state index is 12.3. The maximum absolute atomic E-state index is 12.3. The van der Waals surface area contributed by atoms with E-state index >= 15 is 0 Å². The molecule has 152 valence electrons. The summed E-state index contributed by atoms with van der Waals surface area (Å²) in [6.45, 7) is 0.601. The van der Waals surface area contributed by atoms with Crippen LogP contribution in [0.4, 0.5) is 0 Å². The smallest absolute Gasteiger partial charge is 0.310 e. The van der Waals surface area contributed by atoms with Crippen LogP contribution in [0.25, 0.3) is 22.2 Å². The van der Waals surface area contributed by atoms with Gasteiger partial charge in [-0.05, 0) is 47.5 Å². The minimum Gasteiger partial charge on any atom is -0.507 e. The normalized spacial score (nSPS) is 10.9. The second kappa shape index (κ2) is 8.33. The van der Waals surface area contributed by atoms with Crippen LogP contribution in [0.15, 0.2) is 72.8 Å². The van der Waals surface area contributed by atoms with Crippen molar-refractivity contribution >= 4 is 16.9 Å². The van der Waals surface area contributed by atoms with Gasteiger partial charge in [0.05, 0.1) is 31.9 Å². The maximum Gasteiger partial charge on any atom is 0.310 e. The second-order valence-electron chi connectivity index (χ2n) is 7.05. The van der Waals surface area contributed by atoms with Crippen molar-refractivity contribution in [1.82, 2.24) is 4.57 Å². The third-order valence-electron chi connectivity index (χ3n) is 5.26. The third kappa shape index (κ3) is 3.62. The van der Waals surface area contributed by atoms with Gasteiger partial charge in [-0.15, -0.1) is 0 Å². The average molecular weight is 401 g/mol. The molecule has 4 aromatic rings. The monoisotopic (exact) mass is 401 g/mol. The molecule has 0 atom stereocenters. The van der Waals surface area contributed by atoms with Crippen LogP contribution in [-0.2, 0) is 22.5 Å². The summed E-state index contributed by atoms with van der Waals surface area (Å²) in [6.07, 6.45) is 0.0632. The van der Waals surface area contributed by atoms with Crippen LogP contribution in [0, 0.1) is 0 Å². The van der Waals surface area contributed by atoms with E-state index in [0.717, 1.165) is 33.7 Å². The Labute approximate surface area is 175 Å². The van der Waals surface area contributed by atoms with Gasteiger partial charge in [0.25, 0.3) is 0 Å². The molecule has 5 heteroatoms. The zero-order valence-electron chi connectivity index (χ0n) is 17.0. The number of carbonyl (C=O) groups is 1. The van der Waals surface area contributed by atoms with Crippen LogP contribution in [0.1, 0.15) is 11.1 Å².